The van der Waals surface area contributed by atoms with Crippen LogP contribution in [0.5, 0.6) is 0 Å². The van der Waals surface area contributed by atoms with E-state index in [-0.39, 0.29) is 29.7 Å². The summed E-state index contributed by atoms with van der Waals surface area (Å²) in [5, 5.41) is 2.62. The number of Topliss-reactive ketones (excluding diaryl/α,β-unsaturated/α-hetero) is 1. The predicted octanol–water partition coefficient (Wildman–Crippen LogP) is 0.103. The second-order valence-electron chi connectivity index (χ2n) is 6.73. The third kappa shape index (κ3) is 2.32. The van der Waals surface area contributed by atoms with E-state index in [1.807, 2.05) is 0 Å². The van der Waals surface area contributed by atoms with Gasteiger partial charge in [-0.1, -0.05) is 0 Å². The Morgan fingerprint density at radius 2 is 2.04 bits per heavy atom. The lowest BCUT2D eigenvalue weighted by molar-refractivity contribution is -0.204. The molecule has 3 rings (SSSR count). The summed E-state index contributed by atoms with van der Waals surface area (Å²) < 4.78 is 36.3. The zero-order valence-electron chi connectivity index (χ0n) is 15.4. The third-order valence-electron chi connectivity index (χ3n) is 5.36. The van der Waals surface area contributed by atoms with Crippen molar-refractivity contribution in [2.45, 2.75) is 18.3 Å². The van der Waals surface area contributed by atoms with Gasteiger partial charge in [-0.3, -0.25) is 19.1 Å². The van der Waals surface area contributed by atoms with Crippen LogP contribution in [0, 0.1) is 5.41 Å². The highest BCUT2D eigenvalue weighted by atomic mass is 32.2. The number of hydrogen-bond donors (Lipinski definition) is 1. The Kier molecular flexibility index (Phi) is 4.31. The van der Waals surface area contributed by atoms with Crippen molar-refractivity contribution in [1.82, 2.24) is 9.78 Å². The molecule has 1 aliphatic carbocycles. The van der Waals surface area contributed by atoms with Crippen LogP contribution >= 0.6 is 0 Å². The fourth-order valence-electron chi connectivity index (χ4n) is 3.80. The second kappa shape index (κ2) is 6.03. The van der Waals surface area contributed by atoms with E-state index in [4.69, 9.17) is 9.47 Å². The fourth-order valence-corrected chi connectivity index (χ4v) is 5.31. The number of H-pyrrole nitrogens is 1. The highest BCUT2D eigenvalue weighted by molar-refractivity contribution is 7.92. The number of esters is 1. The van der Waals surface area contributed by atoms with Crippen molar-refractivity contribution in [1.29, 1.82) is 0 Å². The number of aromatic nitrogens is 2. The molecular formula is C17H20N2O7S. The van der Waals surface area contributed by atoms with E-state index < -0.39 is 37.5 Å². The largest absolute Gasteiger partial charge is 0.436 e. The number of carbonyl (C=O) groups excluding carboxylic acids is 2. The van der Waals surface area contributed by atoms with Crippen LogP contribution in [0.3, 0.4) is 0 Å². The first-order valence-corrected chi connectivity index (χ1v) is 10.0. The molecule has 2 unspecified atom stereocenters. The number of nitrogens with one attached hydrogen (secondary N) is 1. The van der Waals surface area contributed by atoms with E-state index >= 15 is 0 Å². The Hall–Kier alpha value is -2.46. The number of methoxy groups -OCH3 is 1. The summed E-state index contributed by atoms with van der Waals surface area (Å²) in [6.07, 6.45) is 4.80. The molecule has 27 heavy (non-hydrogen) atoms. The van der Waals surface area contributed by atoms with E-state index in [1.165, 1.54) is 39.4 Å². The average molecular weight is 396 g/mol. The van der Waals surface area contributed by atoms with Gasteiger partial charge in [0.05, 0.1) is 0 Å². The van der Waals surface area contributed by atoms with Gasteiger partial charge < -0.3 is 14.6 Å². The number of carbonyl (C=O) groups is 2. The molecule has 1 N–H and O–H groups in total. The van der Waals surface area contributed by atoms with Gasteiger partial charge in [0.2, 0.25) is 4.93 Å². The summed E-state index contributed by atoms with van der Waals surface area (Å²) in [5.74, 6) is -1.33. The molecule has 1 aromatic heterocycles. The van der Waals surface area contributed by atoms with Gasteiger partial charge in [-0.2, -0.15) is 0 Å². The SMILES string of the molecule is COCCC12C(=O)OC1(S(C)(=O)=O)C=CC(C(=O)c1c[nH]n(C)c1=O)=C2C. The van der Waals surface area contributed by atoms with Gasteiger partial charge in [0.1, 0.15) is 11.0 Å². The first-order valence-electron chi connectivity index (χ1n) is 8.15. The zero-order chi connectivity index (χ0) is 20.2. The Balaban J connectivity index is 2.21. The van der Waals surface area contributed by atoms with Crippen molar-refractivity contribution in [2.75, 3.05) is 20.0 Å². The average Bonchev–Trinajstić information content (AvgIpc) is 2.91. The quantitative estimate of drug-likeness (QED) is 0.534. The maximum atomic E-state index is 12.9. The molecule has 10 heteroatoms. The number of nitrogens with zero attached hydrogens (tertiary/aromatic N) is 1. The lowest BCUT2D eigenvalue weighted by atomic mass is 9.64. The number of rotatable bonds is 6. The molecule has 0 spiro atoms. The molecule has 0 saturated carbocycles. The van der Waals surface area contributed by atoms with Crippen LogP contribution in [-0.4, -0.2) is 54.9 Å². The highest BCUT2D eigenvalue weighted by Crippen LogP contribution is 2.59. The van der Waals surface area contributed by atoms with Crippen LogP contribution in [0.4, 0.5) is 0 Å². The number of aromatic amines is 1. The lowest BCUT2D eigenvalue weighted by Gasteiger charge is -2.55. The minimum atomic E-state index is -3.86. The minimum absolute atomic E-state index is 0.0213. The lowest BCUT2D eigenvalue weighted by Crippen LogP contribution is -2.71. The number of allylic oxidation sites excluding steroid dienone is 2. The van der Waals surface area contributed by atoms with Crippen molar-refractivity contribution >= 4 is 21.6 Å². The number of sulfone groups is 1. The third-order valence-corrected chi connectivity index (χ3v) is 7.03. The summed E-state index contributed by atoms with van der Waals surface area (Å²) in [6, 6.07) is 0. The van der Waals surface area contributed by atoms with Crippen LogP contribution in [0.1, 0.15) is 23.7 Å². The first-order chi connectivity index (χ1) is 12.5. The summed E-state index contributed by atoms with van der Waals surface area (Å²) in [7, 11) is -0.969. The molecule has 1 aromatic rings. The topological polar surface area (TPSA) is 125 Å². The Morgan fingerprint density at radius 1 is 1.37 bits per heavy atom. The maximum absolute atomic E-state index is 12.9. The van der Waals surface area contributed by atoms with Crippen LogP contribution in [-0.2, 0) is 31.2 Å². The maximum Gasteiger partial charge on any atom is 0.323 e. The summed E-state index contributed by atoms with van der Waals surface area (Å²) in [5.41, 5.74) is -1.85. The summed E-state index contributed by atoms with van der Waals surface area (Å²) >= 11 is 0. The van der Waals surface area contributed by atoms with E-state index in [9.17, 15) is 22.8 Å². The molecule has 1 fully saturated rings. The number of aryl methyl sites for hydroxylation is 1. The van der Waals surface area contributed by atoms with E-state index in [1.54, 1.807) is 0 Å². The van der Waals surface area contributed by atoms with Crippen LogP contribution in [0.25, 0.3) is 0 Å². The Morgan fingerprint density at radius 3 is 2.52 bits per heavy atom. The first kappa shape index (κ1) is 19.3. The van der Waals surface area contributed by atoms with Gasteiger partial charge in [-0.25, -0.2) is 8.42 Å². The molecular weight excluding hydrogens is 376 g/mol. The second-order valence-corrected chi connectivity index (χ2v) is 8.88. The van der Waals surface area contributed by atoms with Crippen molar-refractivity contribution in [3.05, 3.63) is 45.4 Å². The molecule has 2 atom stereocenters. The molecule has 2 heterocycles. The van der Waals surface area contributed by atoms with E-state index in [0.29, 0.717) is 0 Å². The van der Waals surface area contributed by atoms with Crippen LogP contribution < -0.4 is 5.56 Å². The smallest absolute Gasteiger partial charge is 0.323 e. The van der Waals surface area contributed by atoms with E-state index in [0.717, 1.165) is 10.9 Å². The normalized spacial score (nSPS) is 27.2. The van der Waals surface area contributed by atoms with Gasteiger partial charge in [-0.05, 0) is 31.1 Å². The summed E-state index contributed by atoms with van der Waals surface area (Å²) in [6.45, 7) is 1.61. The highest BCUT2D eigenvalue weighted by Gasteiger charge is 2.75. The Labute approximate surface area is 155 Å². The van der Waals surface area contributed by atoms with Crippen LogP contribution in [0.15, 0.2) is 34.3 Å². The molecule has 0 aromatic carbocycles. The minimum Gasteiger partial charge on any atom is -0.436 e. The standard InChI is InChI=1S/C17H20N2O7S/c1-10-11(13(20)12-9-18-19(2)14(12)21)5-6-17(27(4,23)24)16(10,7-8-25-3)15(22)26-17/h5-6,9,18H,7-8H2,1-4H3. The molecule has 0 amide bonds. The monoisotopic (exact) mass is 396 g/mol. The molecule has 1 aliphatic heterocycles. The van der Waals surface area contributed by atoms with Crippen molar-refractivity contribution < 1.29 is 27.5 Å². The molecule has 0 bridgehead atoms. The van der Waals surface area contributed by atoms with Crippen molar-refractivity contribution in [2.24, 2.45) is 12.5 Å². The zero-order valence-corrected chi connectivity index (χ0v) is 16.2. The number of fused-ring (bicyclic) bond motifs is 1. The van der Waals surface area contributed by atoms with Crippen molar-refractivity contribution in [3.63, 3.8) is 0 Å². The van der Waals surface area contributed by atoms with Gasteiger partial charge in [-0.15, -0.1) is 0 Å². The molecule has 9 nitrogen and oxygen atoms in total. The fraction of sp³-hybridized carbons (Fsp3) is 0.471. The molecule has 2 aliphatic rings. The number of ether oxygens (including phenoxy) is 2. The van der Waals surface area contributed by atoms with Gasteiger partial charge in [0.25, 0.3) is 5.56 Å². The number of hydrogen-bond acceptors (Lipinski definition) is 7. The Bertz CT molecular complexity index is 1060. The van der Waals surface area contributed by atoms with E-state index in [2.05, 4.69) is 5.10 Å². The van der Waals surface area contributed by atoms with Gasteiger partial charge >= 0.3 is 5.97 Å². The molecule has 1 saturated heterocycles. The molecule has 146 valence electrons. The van der Waals surface area contributed by atoms with Crippen LogP contribution in [0.2, 0.25) is 0 Å². The van der Waals surface area contributed by atoms with Gasteiger partial charge in [0, 0.05) is 38.8 Å². The predicted molar refractivity (Wildman–Crippen MR) is 94.8 cm³/mol. The molecule has 0 radical (unpaired) electrons. The van der Waals surface area contributed by atoms with Crippen molar-refractivity contribution in [3.8, 4) is 0 Å². The number of ketones is 1. The van der Waals surface area contributed by atoms with Gasteiger partial charge in [0.15, 0.2) is 15.6 Å². The summed E-state index contributed by atoms with van der Waals surface area (Å²) in [4.78, 5) is 35.7.